The summed E-state index contributed by atoms with van der Waals surface area (Å²) in [5.41, 5.74) is 3.49. The Morgan fingerprint density at radius 2 is 1.89 bits per heavy atom. The Hall–Kier alpha value is -3.74. The van der Waals surface area contributed by atoms with E-state index in [4.69, 9.17) is 0 Å². The van der Waals surface area contributed by atoms with Crippen LogP contribution in [-0.2, 0) is 11.3 Å². The standard InChI is InChI=1S/C21H20N6O/c1-15-13-22-27(14-15)12-11-19(28)23-18-10-6-5-9-17(18)21-24-20(25-26-21)16-7-3-2-4-8-16/h2-10,13-14H,11-12H2,1H3,(H,23,28)(H,24,25,26). The molecule has 2 heterocycles. The third kappa shape index (κ3) is 3.98. The average molecular weight is 372 g/mol. The second kappa shape index (κ2) is 7.87. The van der Waals surface area contributed by atoms with Gasteiger partial charge in [0.05, 0.1) is 11.9 Å². The first-order chi connectivity index (χ1) is 13.7. The second-order valence-corrected chi connectivity index (χ2v) is 6.50. The molecular weight excluding hydrogens is 352 g/mol. The largest absolute Gasteiger partial charge is 0.325 e. The number of nitrogens with zero attached hydrogens (tertiary/aromatic N) is 4. The van der Waals surface area contributed by atoms with E-state index < -0.39 is 0 Å². The molecule has 4 rings (SSSR count). The van der Waals surface area contributed by atoms with Crippen LogP contribution in [0, 0.1) is 6.92 Å². The molecular formula is C21H20N6O. The van der Waals surface area contributed by atoms with Crippen molar-refractivity contribution in [3.8, 4) is 22.8 Å². The molecule has 0 saturated carbocycles. The Morgan fingerprint density at radius 3 is 2.68 bits per heavy atom. The second-order valence-electron chi connectivity index (χ2n) is 6.50. The number of para-hydroxylation sites is 1. The number of carbonyl (C=O) groups is 1. The van der Waals surface area contributed by atoms with Gasteiger partial charge in [-0.2, -0.15) is 10.2 Å². The highest BCUT2D eigenvalue weighted by Crippen LogP contribution is 2.26. The summed E-state index contributed by atoms with van der Waals surface area (Å²) in [6.45, 7) is 2.50. The number of aromatic amines is 1. The quantitative estimate of drug-likeness (QED) is 0.540. The van der Waals surface area contributed by atoms with Crippen LogP contribution in [0.25, 0.3) is 22.8 Å². The van der Waals surface area contributed by atoms with Crippen LogP contribution in [0.1, 0.15) is 12.0 Å². The number of aromatic nitrogens is 5. The number of rotatable bonds is 6. The van der Waals surface area contributed by atoms with Crippen LogP contribution in [-0.4, -0.2) is 30.9 Å². The van der Waals surface area contributed by atoms with Crippen LogP contribution in [0.4, 0.5) is 5.69 Å². The molecule has 7 heteroatoms. The molecule has 2 N–H and O–H groups in total. The van der Waals surface area contributed by atoms with E-state index in [-0.39, 0.29) is 5.91 Å². The normalized spacial score (nSPS) is 10.8. The summed E-state index contributed by atoms with van der Waals surface area (Å²) in [5, 5.41) is 14.4. The van der Waals surface area contributed by atoms with E-state index >= 15 is 0 Å². The van der Waals surface area contributed by atoms with E-state index in [0.29, 0.717) is 30.3 Å². The molecule has 2 aromatic heterocycles. The smallest absolute Gasteiger partial charge is 0.226 e. The van der Waals surface area contributed by atoms with Gasteiger partial charge in [0.25, 0.3) is 0 Å². The lowest BCUT2D eigenvalue weighted by Gasteiger charge is -2.09. The summed E-state index contributed by atoms with van der Waals surface area (Å²) >= 11 is 0. The maximum Gasteiger partial charge on any atom is 0.226 e. The zero-order valence-electron chi connectivity index (χ0n) is 15.5. The van der Waals surface area contributed by atoms with E-state index in [2.05, 4.69) is 25.6 Å². The molecule has 0 atom stereocenters. The number of hydrogen-bond acceptors (Lipinski definition) is 4. The molecule has 0 saturated heterocycles. The van der Waals surface area contributed by atoms with Crippen molar-refractivity contribution in [2.45, 2.75) is 19.9 Å². The Balaban J connectivity index is 1.49. The van der Waals surface area contributed by atoms with Gasteiger partial charge in [-0.1, -0.05) is 42.5 Å². The molecule has 7 nitrogen and oxygen atoms in total. The van der Waals surface area contributed by atoms with E-state index in [1.807, 2.05) is 67.7 Å². The summed E-state index contributed by atoms with van der Waals surface area (Å²) in [6, 6.07) is 17.3. The van der Waals surface area contributed by atoms with Gasteiger partial charge in [-0.05, 0) is 24.6 Å². The van der Waals surface area contributed by atoms with Gasteiger partial charge >= 0.3 is 0 Å². The minimum atomic E-state index is -0.0802. The van der Waals surface area contributed by atoms with Crippen molar-refractivity contribution < 1.29 is 4.79 Å². The molecule has 140 valence electrons. The molecule has 0 unspecified atom stereocenters. The van der Waals surface area contributed by atoms with Crippen molar-refractivity contribution in [2.24, 2.45) is 0 Å². The molecule has 0 radical (unpaired) electrons. The summed E-state index contributed by atoms with van der Waals surface area (Å²) in [6.07, 6.45) is 4.03. The molecule has 28 heavy (non-hydrogen) atoms. The lowest BCUT2D eigenvalue weighted by Crippen LogP contribution is -2.15. The highest BCUT2D eigenvalue weighted by atomic mass is 16.1. The zero-order chi connectivity index (χ0) is 19.3. The highest BCUT2D eigenvalue weighted by molar-refractivity contribution is 5.94. The molecule has 0 aliphatic rings. The lowest BCUT2D eigenvalue weighted by atomic mass is 10.1. The molecule has 1 amide bonds. The summed E-state index contributed by atoms with van der Waals surface area (Å²) in [4.78, 5) is 17.0. The fourth-order valence-corrected chi connectivity index (χ4v) is 2.92. The van der Waals surface area contributed by atoms with Gasteiger partial charge in [-0.25, -0.2) is 4.98 Å². The van der Waals surface area contributed by atoms with Gasteiger partial charge in [0.2, 0.25) is 5.91 Å². The van der Waals surface area contributed by atoms with E-state index in [9.17, 15) is 4.79 Å². The van der Waals surface area contributed by atoms with E-state index in [0.717, 1.165) is 16.7 Å². The van der Waals surface area contributed by atoms with Crippen molar-refractivity contribution in [2.75, 3.05) is 5.32 Å². The van der Waals surface area contributed by atoms with Crippen LogP contribution in [0.3, 0.4) is 0 Å². The lowest BCUT2D eigenvalue weighted by molar-refractivity contribution is -0.116. The SMILES string of the molecule is Cc1cnn(CCC(=O)Nc2ccccc2-c2nc(-c3ccccc3)n[nH]2)c1. The van der Waals surface area contributed by atoms with E-state index in [1.165, 1.54) is 0 Å². The topological polar surface area (TPSA) is 88.5 Å². The van der Waals surface area contributed by atoms with Gasteiger partial charge in [0.15, 0.2) is 11.6 Å². The first-order valence-corrected chi connectivity index (χ1v) is 9.05. The van der Waals surface area contributed by atoms with Gasteiger partial charge in [0.1, 0.15) is 0 Å². The van der Waals surface area contributed by atoms with Crippen LogP contribution in [0.5, 0.6) is 0 Å². The Morgan fingerprint density at radius 1 is 1.11 bits per heavy atom. The van der Waals surface area contributed by atoms with Crippen molar-refractivity contribution in [3.05, 3.63) is 72.6 Å². The van der Waals surface area contributed by atoms with Crippen LogP contribution >= 0.6 is 0 Å². The fraction of sp³-hybridized carbons (Fsp3) is 0.143. The van der Waals surface area contributed by atoms with Crippen molar-refractivity contribution in [1.82, 2.24) is 25.0 Å². The van der Waals surface area contributed by atoms with E-state index in [1.54, 1.807) is 10.9 Å². The van der Waals surface area contributed by atoms with Gasteiger partial charge < -0.3 is 5.32 Å². The number of nitrogens with one attached hydrogen (secondary N) is 2. The molecule has 0 aliphatic carbocycles. The highest BCUT2D eigenvalue weighted by Gasteiger charge is 2.13. The summed E-state index contributed by atoms with van der Waals surface area (Å²) < 4.78 is 1.77. The number of hydrogen-bond donors (Lipinski definition) is 2. The first kappa shape index (κ1) is 17.7. The summed E-state index contributed by atoms with van der Waals surface area (Å²) in [7, 11) is 0. The number of H-pyrrole nitrogens is 1. The Kier molecular flexibility index (Phi) is 4.97. The van der Waals surface area contributed by atoms with Gasteiger partial charge in [-0.15, -0.1) is 0 Å². The van der Waals surface area contributed by atoms with Crippen LogP contribution < -0.4 is 5.32 Å². The third-order valence-corrected chi connectivity index (χ3v) is 4.30. The molecule has 0 bridgehead atoms. The summed E-state index contributed by atoms with van der Waals surface area (Å²) in [5.74, 6) is 1.15. The molecule has 4 aromatic rings. The Labute approximate surface area is 162 Å². The van der Waals surface area contributed by atoms with Crippen LogP contribution in [0.2, 0.25) is 0 Å². The van der Waals surface area contributed by atoms with Gasteiger partial charge in [0, 0.05) is 30.3 Å². The average Bonchev–Trinajstić information content (AvgIpc) is 3.37. The molecule has 2 aromatic carbocycles. The van der Waals surface area contributed by atoms with Crippen molar-refractivity contribution >= 4 is 11.6 Å². The zero-order valence-corrected chi connectivity index (χ0v) is 15.5. The monoisotopic (exact) mass is 372 g/mol. The maximum atomic E-state index is 12.4. The van der Waals surface area contributed by atoms with Gasteiger partial charge in [-0.3, -0.25) is 14.6 Å². The number of amides is 1. The number of aryl methyl sites for hydroxylation is 2. The maximum absolute atomic E-state index is 12.4. The number of anilines is 1. The molecule has 0 aliphatic heterocycles. The minimum absolute atomic E-state index is 0.0802. The minimum Gasteiger partial charge on any atom is -0.325 e. The third-order valence-electron chi connectivity index (χ3n) is 4.30. The first-order valence-electron chi connectivity index (χ1n) is 9.05. The number of benzene rings is 2. The van der Waals surface area contributed by atoms with Crippen LogP contribution in [0.15, 0.2) is 67.0 Å². The predicted molar refractivity (Wildman–Crippen MR) is 107 cm³/mol. The van der Waals surface area contributed by atoms with Crippen molar-refractivity contribution in [1.29, 1.82) is 0 Å². The Bertz CT molecular complexity index is 1080. The molecule has 0 spiro atoms. The molecule has 0 fully saturated rings. The van der Waals surface area contributed by atoms with Crippen molar-refractivity contribution in [3.63, 3.8) is 0 Å². The predicted octanol–water partition coefficient (Wildman–Crippen LogP) is 3.67. The fourth-order valence-electron chi connectivity index (χ4n) is 2.92. The number of carbonyl (C=O) groups excluding carboxylic acids is 1.